The fourth-order valence-electron chi connectivity index (χ4n) is 4.44. The van der Waals surface area contributed by atoms with E-state index in [1.807, 2.05) is 0 Å². The van der Waals surface area contributed by atoms with Gasteiger partial charge >= 0.3 is 0 Å². The Morgan fingerprint density at radius 2 is 2.00 bits per heavy atom. The van der Waals surface area contributed by atoms with Crippen LogP contribution in [0.5, 0.6) is 0 Å². The lowest BCUT2D eigenvalue weighted by atomic mass is 9.56. The molecule has 0 aromatic heterocycles. The molecule has 0 radical (unpaired) electrons. The summed E-state index contributed by atoms with van der Waals surface area (Å²) in [6.45, 7) is 6.27. The lowest BCUT2D eigenvalue weighted by Crippen LogP contribution is -2.48. The van der Waals surface area contributed by atoms with Crippen LogP contribution in [0.3, 0.4) is 0 Å². The molecule has 1 heteroatoms. The topological polar surface area (TPSA) is 17.1 Å². The van der Waals surface area contributed by atoms with Gasteiger partial charge in [0.05, 0.1) is 0 Å². The van der Waals surface area contributed by atoms with Gasteiger partial charge in [0.1, 0.15) is 5.78 Å². The van der Waals surface area contributed by atoms with Gasteiger partial charge < -0.3 is 0 Å². The minimum Gasteiger partial charge on any atom is -0.299 e. The minimum atomic E-state index is -0.275. The number of carbonyl (C=O) groups is 1. The van der Waals surface area contributed by atoms with Crippen LogP contribution in [0.4, 0.5) is 0 Å². The molecule has 0 bridgehead atoms. The summed E-state index contributed by atoms with van der Waals surface area (Å²) >= 11 is 0. The van der Waals surface area contributed by atoms with Gasteiger partial charge in [0.15, 0.2) is 0 Å². The van der Waals surface area contributed by atoms with Crippen LogP contribution in [-0.4, -0.2) is 5.78 Å². The maximum Gasteiger partial charge on any atom is 0.136 e. The van der Waals surface area contributed by atoms with E-state index in [0.717, 1.165) is 6.42 Å². The second-order valence-corrected chi connectivity index (χ2v) is 6.89. The van der Waals surface area contributed by atoms with Gasteiger partial charge in [0.2, 0.25) is 0 Å². The van der Waals surface area contributed by atoms with Crippen LogP contribution in [0.25, 0.3) is 0 Å². The fourth-order valence-corrected chi connectivity index (χ4v) is 4.44. The molecular formula is C19H24O. The normalized spacial score (nSPS) is 35.9. The quantitative estimate of drug-likeness (QED) is 0.724. The molecule has 2 aliphatic rings. The van der Waals surface area contributed by atoms with E-state index >= 15 is 0 Å². The average molecular weight is 268 g/mol. The van der Waals surface area contributed by atoms with Gasteiger partial charge in [-0.1, -0.05) is 50.3 Å². The van der Waals surface area contributed by atoms with E-state index in [0.29, 0.717) is 11.7 Å². The van der Waals surface area contributed by atoms with E-state index in [1.165, 1.54) is 30.4 Å². The van der Waals surface area contributed by atoms with Crippen molar-refractivity contribution < 1.29 is 4.79 Å². The van der Waals surface area contributed by atoms with Crippen molar-refractivity contribution in [3.63, 3.8) is 0 Å². The molecule has 1 aromatic carbocycles. The zero-order valence-electron chi connectivity index (χ0n) is 12.8. The Bertz CT molecular complexity index is 571. The molecular weight excluding hydrogens is 244 g/mol. The summed E-state index contributed by atoms with van der Waals surface area (Å²) in [4.78, 5) is 12.5. The molecule has 20 heavy (non-hydrogen) atoms. The third-order valence-electron chi connectivity index (χ3n) is 6.04. The van der Waals surface area contributed by atoms with Crippen molar-refractivity contribution in [1.29, 1.82) is 0 Å². The highest BCUT2D eigenvalue weighted by Crippen LogP contribution is 2.57. The van der Waals surface area contributed by atoms with Gasteiger partial charge in [-0.3, -0.25) is 4.79 Å². The largest absolute Gasteiger partial charge is 0.299 e. The standard InChI is InChI=1S/C19H24O/c1-14(20)18(2)13-15-9-7-8-12-17(15)19(18,3)16-10-5-4-6-11-16/h5,7-10,12,16H,4,6,11,13H2,1-3H3. The molecule has 0 fully saturated rings. The third-order valence-corrected chi connectivity index (χ3v) is 6.04. The molecule has 3 rings (SSSR count). The predicted molar refractivity (Wildman–Crippen MR) is 82.8 cm³/mol. The molecule has 2 aliphatic carbocycles. The summed E-state index contributed by atoms with van der Waals surface area (Å²) in [7, 11) is 0. The second-order valence-electron chi connectivity index (χ2n) is 6.89. The van der Waals surface area contributed by atoms with Crippen LogP contribution in [0.1, 0.15) is 51.2 Å². The van der Waals surface area contributed by atoms with Gasteiger partial charge in [-0.15, -0.1) is 0 Å². The van der Waals surface area contributed by atoms with E-state index in [4.69, 9.17) is 0 Å². The molecule has 0 saturated carbocycles. The number of ketones is 1. The molecule has 0 aliphatic heterocycles. The minimum absolute atomic E-state index is 0.0631. The van der Waals surface area contributed by atoms with E-state index < -0.39 is 0 Å². The molecule has 0 amide bonds. The summed E-state index contributed by atoms with van der Waals surface area (Å²) < 4.78 is 0. The van der Waals surface area contributed by atoms with Crippen LogP contribution in [0.15, 0.2) is 36.4 Å². The molecule has 3 atom stereocenters. The highest BCUT2D eigenvalue weighted by Gasteiger charge is 2.57. The van der Waals surface area contributed by atoms with Crippen molar-refractivity contribution >= 4 is 5.78 Å². The zero-order chi connectivity index (χ0) is 14.4. The van der Waals surface area contributed by atoms with Crippen molar-refractivity contribution in [2.45, 2.75) is 51.9 Å². The first-order valence-corrected chi connectivity index (χ1v) is 7.76. The van der Waals surface area contributed by atoms with Crippen molar-refractivity contribution in [3.8, 4) is 0 Å². The number of hydrogen-bond donors (Lipinski definition) is 0. The summed E-state index contributed by atoms with van der Waals surface area (Å²) in [5, 5.41) is 0. The Kier molecular flexibility index (Phi) is 3.12. The Morgan fingerprint density at radius 1 is 1.25 bits per heavy atom. The SMILES string of the molecule is CC(=O)C1(C)Cc2ccccc2C1(C)C1C=CCCC1. The number of carbonyl (C=O) groups excluding carboxylic acids is 1. The van der Waals surface area contributed by atoms with Crippen molar-refractivity contribution in [2.75, 3.05) is 0 Å². The first kappa shape index (κ1) is 13.6. The maximum atomic E-state index is 12.5. The summed E-state index contributed by atoms with van der Waals surface area (Å²) in [6, 6.07) is 8.66. The number of Topliss-reactive ketones (excluding diaryl/α,β-unsaturated/α-hetero) is 1. The highest BCUT2D eigenvalue weighted by atomic mass is 16.1. The van der Waals surface area contributed by atoms with E-state index in [2.05, 4.69) is 50.3 Å². The molecule has 3 unspecified atom stereocenters. The molecule has 1 nitrogen and oxygen atoms in total. The van der Waals surface area contributed by atoms with Gasteiger partial charge in [0.25, 0.3) is 0 Å². The molecule has 0 spiro atoms. The number of benzene rings is 1. The smallest absolute Gasteiger partial charge is 0.136 e. The van der Waals surface area contributed by atoms with E-state index in [-0.39, 0.29) is 10.8 Å². The van der Waals surface area contributed by atoms with Crippen molar-refractivity contribution in [3.05, 3.63) is 47.5 Å². The number of fused-ring (bicyclic) bond motifs is 1. The van der Waals surface area contributed by atoms with Crippen molar-refractivity contribution in [2.24, 2.45) is 11.3 Å². The molecule has 0 heterocycles. The van der Waals surface area contributed by atoms with Gasteiger partial charge in [-0.2, -0.15) is 0 Å². The lowest BCUT2D eigenvalue weighted by Gasteiger charge is -2.46. The Morgan fingerprint density at radius 3 is 2.65 bits per heavy atom. The molecule has 1 aromatic rings. The summed E-state index contributed by atoms with van der Waals surface area (Å²) in [5.41, 5.74) is 2.43. The van der Waals surface area contributed by atoms with Crippen LogP contribution in [0, 0.1) is 11.3 Å². The van der Waals surface area contributed by atoms with E-state index in [1.54, 1.807) is 6.92 Å². The van der Waals surface area contributed by atoms with Crippen LogP contribution in [-0.2, 0) is 16.6 Å². The van der Waals surface area contributed by atoms with Gasteiger partial charge in [-0.25, -0.2) is 0 Å². The number of rotatable bonds is 2. The maximum absolute atomic E-state index is 12.5. The van der Waals surface area contributed by atoms with Crippen LogP contribution >= 0.6 is 0 Å². The summed E-state index contributed by atoms with van der Waals surface area (Å²) in [5.74, 6) is 0.809. The second kappa shape index (κ2) is 4.58. The molecule has 106 valence electrons. The third kappa shape index (κ3) is 1.65. The Balaban J connectivity index is 2.19. The Hall–Kier alpha value is -1.37. The number of hydrogen-bond acceptors (Lipinski definition) is 1. The fraction of sp³-hybridized carbons (Fsp3) is 0.526. The predicted octanol–water partition coefficient (Wildman–Crippen LogP) is 4.45. The van der Waals surface area contributed by atoms with E-state index in [9.17, 15) is 4.79 Å². The lowest BCUT2D eigenvalue weighted by molar-refractivity contribution is -0.129. The van der Waals surface area contributed by atoms with Crippen LogP contribution in [0.2, 0.25) is 0 Å². The number of allylic oxidation sites excluding steroid dienone is 2. The van der Waals surface area contributed by atoms with Crippen LogP contribution < -0.4 is 0 Å². The monoisotopic (exact) mass is 268 g/mol. The summed E-state index contributed by atoms with van der Waals surface area (Å²) in [6.07, 6.45) is 9.19. The van der Waals surface area contributed by atoms with Gasteiger partial charge in [0, 0.05) is 10.8 Å². The first-order valence-electron chi connectivity index (χ1n) is 7.76. The highest BCUT2D eigenvalue weighted by molar-refractivity contribution is 5.86. The molecule has 0 saturated heterocycles. The Labute approximate surface area is 122 Å². The average Bonchev–Trinajstić information content (AvgIpc) is 2.71. The van der Waals surface area contributed by atoms with Crippen molar-refractivity contribution in [1.82, 2.24) is 0 Å². The zero-order valence-corrected chi connectivity index (χ0v) is 12.8. The molecule has 0 N–H and O–H groups in total. The first-order chi connectivity index (χ1) is 9.50. The van der Waals surface area contributed by atoms with Gasteiger partial charge in [-0.05, 0) is 49.7 Å².